The van der Waals surface area contributed by atoms with Gasteiger partial charge in [-0.1, -0.05) is 54.1 Å². The van der Waals surface area contributed by atoms with E-state index in [2.05, 4.69) is 22.3 Å². The standard InChI is InChI=1S/C18H20ClN3O/c19-16-8-4-5-9-17(16)21-18(22-10-12-23-13-11-22)20-14-15-6-2-1-3-7-15/h1-9H,10-14H2,(H,20,21). The van der Waals surface area contributed by atoms with Gasteiger partial charge in [0.2, 0.25) is 0 Å². The third-order valence-electron chi connectivity index (χ3n) is 3.69. The van der Waals surface area contributed by atoms with Gasteiger partial charge in [0, 0.05) is 13.1 Å². The van der Waals surface area contributed by atoms with Crippen molar-refractivity contribution in [2.45, 2.75) is 6.54 Å². The molecule has 0 saturated carbocycles. The van der Waals surface area contributed by atoms with Gasteiger partial charge in [0.05, 0.1) is 30.5 Å². The minimum absolute atomic E-state index is 0.630. The molecule has 1 N–H and O–H groups in total. The number of benzene rings is 2. The number of ether oxygens (including phenoxy) is 1. The Bertz CT molecular complexity index is 654. The van der Waals surface area contributed by atoms with Gasteiger partial charge in [0.15, 0.2) is 5.96 Å². The van der Waals surface area contributed by atoms with E-state index in [9.17, 15) is 0 Å². The molecule has 0 unspecified atom stereocenters. The van der Waals surface area contributed by atoms with E-state index >= 15 is 0 Å². The van der Waals surface area contributed by atoms with E-state index in [0.717, 1.165) is 24.7 Å². The summed E-state index contributed by atoms with van der Waals surface area (Å²) < 4.78 is 5.44. The van der Waals surface area contributed by atoms with Crippen molar-refractivity contribution in [2.75, 3.05) is 31.6 Å². The van der Waals surface area contributed by atoms with Crippen LogP contribution in [0.4, 0.5) is 5.69 Å². The Hall–Kier alpha value is -2.04. The smallest absolute Gasteiger partial charge is 0.198 e. The molecule has 0 bridgehead atoms. The van der Waals surface area contributed by atoms with Crippen LogP contribution >= 0.6 is 11.6 Å². The number of nitrogens with one attached hydrogen (secondary N) is 1. The van der Waals surface area contributed by atoms with Crippen molar-refractivity contribution in [1.82, 2.24) is 4.90 Å². The normalized spacial score (nSPS) is 15.5. The summed E-state index contributed by atoms with van der Waals surface area (Å²) in [5.41, 5.74) is 2.05. The molecule has 1 fully saturated rings. The molecule has 1 aliphatic heterocycles. The van der Waals surface area contributed by atoms with Crippen molar-refractivity contribution in [3.63, 3.8) is 0 Å². The van der Waals surface area contributed by atoms with Gasteiger partial charge in [-0.25, -0.2) is 4.99 Å². The number of para-hydroxylation sites is 1. The number of aliphatic imine (C=N–C) groups is 1. The maximum atomic E-state index is 6.26. The first-order valence-electron chi connectivity index (χ1n) is 7.75. The number of guanidine groups is 1. The number of nitrogens with zero attached hydrogens (tertiary/aromatic N) is 2. The SMILES string of the molecule is Clc1ccccc1NC(=NCc1ccccc1)N1CCOCC1. The first-order chi connectivity index (χ1) is 11.3. The number of hydrogen-bond acceptors (Lipinski definition) is 2. The van der Waals surface area contributed by atoms with Crippen molar-refractivity contribution >= 4 is 23.2 Å². The second-order valence-corrected chi connectivity index (χ2v) is 5.74. The number of anilines is 1. The molecule has 1 saturated heterocycles. The molecule has 1 aliphatic rings. The van der Waals surface area contributed by atoms with Gasteiger partial charge < -0.3 is 15.0 Å². The summed E-state index contributed by atoms with van der Waals surface area (Å²) in [5, 5.41) is 4.06. The Labute approximate surface area is 141 Å². The average molecular weight is 330 g/mol. The molecule has 3 rings (SSSR count). The van der Waals surface area contributed by atoms with Crippen LogP contribution in [0, 0.1) is 0 Å². The lowest BCUT2D eigenvalue weighted by Gasteiger charge is -2.30. The lowest BCUT2D eigenvalue weighted by Crippen LogP contribution is -2.44. The fourth-order valence-electron chi connectivity index (χ4n) is 2.43. The van der Waals surface area contributed by atoms with Gasteiger partial charge in [-0.3, -0.25) is 0 Å². The molecular weight excluding hydrogens is 310 g/mol. The van der Waals surface area contributed by atoms with Crippen LogP contribution < -0.4 is 5.32 Å². The summed E-state index contributed by atoms with van der Waals surface area (Å²) >= 11 is 6.26. The zero-order valence-electron chi connectivity index (χ0n) is 12.9. The van der Waals surface area contributed by atoms with Crippen molar-refractivity contribution in [3.8, 4) is 0 Å². The summed E-state index contributed by atoms with van der Waals surface area (Å²) in [6.45, 7) is 3.71. The van der Waals surface area contributed by atoms with Crippen LogP contribution in [-0.4, -0.2) is 37.2 Å². The van der Waals surface area contributed by atoms with Gasteiger partial charge in [0.1, 0.15) is 0 Å². The maximum absolute atomic E-state index is 6.26. The summed E-state index contributed by atoms with van der Waals surface area (Å²) in [5.74, 6) is 0.838. The van der Waals surface area contributed by atoms with E-state index in [4.69, 9.17) is 21.3 Å². The molecule has 120 valence electrons. The fraction of sp³-hybridized carbons (Fsp3) is 0.278. The first-order valence-corrected chi connectivity index (χ1v) is 8.13. The first kappa shape index (κ1) is 15.8. The third-order valence-corrected chi connectivity index (χ3v) is 4.01. The van der Waals surface area contributed by atoms with Crippen molar-refractivity contribution in [3.05, 3.63) is 65.2 Å². The van der Waals surface area contributed by atoms with Gasteiger partial charge in [-0.2, -0.15) is 0 Å². The molecule has 5 heteroatoms. The Morgan fingerprint density at radius 3 is 2.48 bits per heavy atom. The summed E-state index contributed by atoms with van der Waals surface area (Å²) in [7, 11) is 0. The van der Waals surface area contributed by atoms with Gasteiger partial charge in [-0.05, 0) is 17.7 Å². The maximum Gasteiger partial charge on any atom is 0.198 e. The van der Waals surface area contributed by atoms with E-state index in [0.29, 0.717) is 24.8 Å². The number of rotatable bonds is 3. The molecule has 2 aromatic carbocycles. The van der Waals surface area contributed by atoms with E-state index in [1.807, 2.05) is 42.5 Å². The highest BCUT2D eigenvalue weighted by Gasteiger charge is 2.16. The molecular formula is C18H20ClN3O. The Kier molecular flexibility index (Phi) is 5.51. The number of halogens is 1. The quantitative estimate of drug-likeness (QED) is 0.690. The van der Waals surface area contributed by atoms with E-state index in [-0.39, 0.29) is 0 Å². The zero-order valence-corrected chi connectivity index (χ0v) is 13.7. The fourth-order valence-corrected chi connectivity index (χ4v) is 2.61. The average Bonchev–Trinajstić information content (AvgIpc) is 2.62. The molecule has 1 heterocycles. The highest BCUT2D eigenvalue weighted by molar-refractivity contribution is 6.33. The largest absolute Gasteiger partial charge is 0.378 e. The Balaban J connectivity index is 1.79. The van der Waals surface area contributed by atoms with Crippen LogP contribution in [0.25, 0.3) is 0 Å². The third kappa shape index (κ3) is 4.47. The van der Waals surface area contributed by atoms with Crippen molar-refractivity contribution in [1.29, 1.82) is 0 Å². The van der Waals surface area contributed by atoms with Crippen LogP contribution in [0.2, 0.25) is 5.02 Å². The van der Waals surface area contributed by atoms with Crippen molar-refractivity contribution in [2.24, 2.45) is 4.99 Å². The van der Waals surface area contributed by atoms with Gasteiger partial charge in [0.25, 0.3) is 0 Å². The Morgan fingerprint density at radius 1 is 1.04 bits per heavy atom. The monoisotopic (exact) mass is 329 g/mol. The second-order valence-electron chi connectivity index (χ2n) is 5.33. The lowest BCUT2D eigenvalue weighted by molar-refractivity contribution is 0.0679. The lowest BCUT2D eigenvalue weighted by atomic mass is 10.2. The molecule has 4 nitrogen and oxygen atoms in total. The van der Waals surface area contributed by atoms with Crippen LogP contribution in [0.1, 0.15) is 5.56 Å². The molecule has 0 amide bonds. The topological polar surface area (TPSA) is 36.9 Å². The molecule has 0 radical (unpaired) electrons. The molecule has 23 heavy (non-hydrogen) atoms. The van der Waals surface area contributed by atoms with E-state index < -0.39 is 0 Å². The summed E-state index contributed by atoms with van der Waals surface area (Å²) in [6, 6.07) is 17.9. The summed E-state index contributed by atoms with van der Waals surface area (Å²) in [4.78, 5) is 6.98. The van der Waals surface area contributed by atoms with E-state index in [1.54, 1.807) is 0 Å². The predicted molar refractivity (Wildman–Crippen MR) is 95.0 cm³/mol. The zero-order chi connectivity index (χ0) is 15.9. The minimum Gasteiger partial charge on any atom is -0.378 e. The highest BCUT2D eigenvalue weighted by Crippen LogP contribution is 2.21. The molecule has 0 aromatic heterocycles. The number of morpholine rings is 1. The molecule has 2 aromatic rings. The summed E-state index contributed by atoms with van der Waals surface area (Å²) in [6.07, 6.45) is 0. The second kappa shape index (κ2) is 7.99. The van der Waals surface area contributed by atoms with E-state index in [1.165, 1.54) is 5.56 Å². The highest BCUT2D eigenvalue weighted by atomic mass is 35.5. The van der Waals surface area contributed by atoms with Crippen LogP contribution in [-0.2, 0) is 11.3 Å². The van der Waals surface area contributed by atoms with Crippen LogP contribution in [0.15, 0.2) is 59.6 Å². The molecule has 0 aliphatic carbocycles. The number of hydrogen-bond donors (Lipinski definition) is 1. The minimum atomic E-state index is 0.630. The van der Waals surface area contributed by atoms with Gasteiger partial charge in [-0.15, -0.1) is 0 Å². The van der Waals surface area contributed by atoms with Crippen LogP contribution in [0.5, 0.6) is 0 Å². The van der Waals surface area contributed by atoms with Gasteiger partial charge >= 0.3 is 0 Å². The molecule has 0 spiro atoms. The van der Waals surface area contributed by atoms with Crippen molar-refractivity contribution < 1.29 is 4.74 Å². The Morgan fingerprint density at radius 2 is 1.74 bits per heavy atom. The van der Waals surface area contributed by atoms with Crippen LogP contribution in [0.3, 0.4) is 0 Å². The molecule has 0 atom stereocenters. The predicted octanol–water partition coefficient (Wildman–Crippen LogP) is 3.64.